The third kappa shape index (κ3) is 4.19. The normalized spacial score (nSPS) is 15.6. The van der Waals surface area contributed by atoms with E-state index in [1.807, 2.05) is 30.3 Å². The summed E-state index contributed by atoms with van der Waals surface area (Å²) in [5, 5.41) is 12.0. The number of hydrogen-bond donors (Lipinski definition) is 2. The van der Waals surface area contributed by atoms with Crippen LogP contribution in [-0.2, 0) is 21.1 Å². The molecule has 0 atom stereocenters. The van der Waals surface area contributed by atoms with E-state index < -0.39 is 21.2 Å². The molecule has 3 rings (SSSR count). The van der Waals surface area contributed by atoms with Gasteiger partial charge in [0.25, 0.3) is 0 Å². The molecule has 142 valence electrons. The fourth-order valence-electron chi connectivity index (χ4n) is 3.35. The highest BCUT2D eigenvalue weighted by atomic mass is 32.2. The summed E-state index contributed by atoms with van der Waals surface area (Å²) in [7, 11) is -3.61. The molecule has 27 heavy (non-hydrogen) atoms. The topological polar surface area (TPSA) is 101 Å². The zero-order chi connectivity index (χ0) is 19.7. The van der Waals surface area contributed by atoms with Gasteiger partial charge in [0.1, 0.15) is 0 Å². The minimum Gasteiger partial charge on any atom is -0.478 e. The first-order valence-corrected chi connectivity index (χ1v) is 10.5. The number of carboxylic acid groups (broad SMARTS) is 1. The Hall–Kier alpha value is -2.67. The molecule has 0 bridgehead atoms. The zero-order valence-electron chi connectivity index (χ0n) is 14.9. The lowest BCUT2D eigenvalue weighted by Crippen LogP contribution is -2.43. The molecular formula is C20H21NO5S. The van der Waals surface area contributed by atoms with Gasteiger partial charge in [-0.3, -0.25) is 4.79 Å². The third-order valence-electron chi connectivity index (χ3n) is 5.02. The van der Waals surface area contributed by atoms with Crippen LogP contribution in [0.1, 0.15) is 35.2 Å². The van der Waals surface area contributed by atoms with Gasteiger partial charge in [-0.1, -0.05) is 36.8 Å². The Kier molecular flexibility index (Phi) is 5.06. The summed E-state index contributed by atoms with van der Waals surface area (Å²) in [5.41, 5.74) is 0.508. The van der Waals surface area contributed by atoms with E-state index in [-0.39, 0.29) is 22.1 Å². The number of nitrogens with one attached hydrogen (secondary N) is 1. The van der Waals surface area contributed by atoms with Crippen molar-refractivity contribution in [1.82, 2.24) is 0 Å². The van der Waals surface area contributed by atoms with Crippen molar-refractivity contribution >= 4 is 27.4 Å². The highest BCUT2D eigenvalue weighted by molar-refractivity contribution is 7.90. The lowest BCUT2D eigenvalue weighted by atomic mass is 9.64. The van der Waals surface area contributed by atoms with Gasteiger partial charge in [0, 0.05) is 11.9 Å². The number of anilines is 1. The van der Waals surface area contributed by atoms with Crippen molar-refractivity contribution in [3.63, 3.8) is 0 Å². The van der Waals surface area contributed by atoms with Crippen LogP contribution in [0.3, 0.4) is 0 Å². The molecule has 1 fully saturated rings. The summed E-state index contributed by atoms with van der Waals surface area (Å²) in [6.45, 7) is 0. The summed E-state index contributed by atoms with van der Waals surface area (Å²) in [4.78, 5) is 24.1. The van der Waals surface area contributed by atoms with E-state index in [1.54, 1.807) is 0 Å². The number of amides is 1. The van der Waals surface area contributed by atoms with E-state index in [2.05, 4.69) is 5.32 Å². The maximum atomic E-state index is 13.0. The van der Waals surface area contributed by atoms with Crippen molar-refractivity contribution in [3.05, 3.63) is 59.7 Å². The molecule has 1 aliphatic rings. The van der Waals surface area contributed by atoms with Gasteiger partial charge in [0.05, 0.1) is 15.9 Å². The minimum atomic E-state index is -3.61. The van der Waals surface area contributed by atoms with Crippen molar-refractivity contribution in [2.24, 2.45) is 5.41 Å². The second-order valence-corrected chi connectivity index (χ2v) is 9.09. The molecule has 0 aliphatic heterocycles. The third-order valence-corrected chi connectivity index (χ3v) is 6.11. The maximum Gasteiger partial charge on any atom is 0.335 e. The van der Waals surface area contributed by atoms with Crippen LogP contribution in [0.15, 0.2) is 53.4 Å². The van der Waals surface area contributed by atoms with Gasteiger partial charge in [0.2, 0.25) is 5.91 Å². The number of rotatable bonds is 6. The monoisotopic (exact) mass is 387 g/mol. The second-order valence-electron chi connectivity index (χ2n) is 7.07. The molecule has 0 heterocycles. The molecule has 7 heteroatoms. The lowest BCUT2D eigenvalue weighted by Gasteiger charge is -2.40. The summed E-state index contributed by atoms with van der Waals surface area (Å²) >= 11 is 0. The van der Waals surface area contributed by atoms with Crippen molar-refractivity contribution in [1.29, 1.82) is 0 Å². The van der Waals surface area contributed by atoms with E-state index in [0.717, 1.165) is 37.1 Å². The van der Waals surface area contributed by atoms with Crippen LogP contribution in [0, 0.1) is 5.41 Å². The quantitative estimate of drug-likeness (QED) is 0.793. The average Bonchev–Trinajstić information content (AvgIpc) is 2.57. The van der Waals surface area contributed by atoms with Crippen molar-refractivity contribution in [3.8, 4) is 0 Å². The van der Waals surface area contributed by atoms with Crippen LogP contribution in [-0.4, -0.2) is 31.7 Å². The predicted octanol–water partition coefficient (Wildman–Crippen LogP) is 3.14. The number of aromatic carboxylic acids is 1. The van der Waals surface area contributed by atoms with Crippen molar-refractivity contribution in [2.75, 3.05) is 11.6 Å². The molecule has 0 unspecified atom stereocenters. The largest absolute Gasteiger partial charge is 0.478 e. The number of hydrogen-bond acceptors (Lipinski definition) is 4. The van der Waals surface area contributed by atoms with Crippen LogP contribution >= 0.6 is 0 Å². The van der Waals surface area contributed by atoms with Crippen LogP contribution in [0.4, 0.5) is 5.69 Å². The average molecular weight is 387 g/mol. The van der Waals surface area contributed by atoms with Crippen LogP contribution in [0.25, 0.3) is 0 Å². The molecule has 2 aromatic carbocycles. The molecular weight excluding hydrogens is 366 g/mol. The SMILES string of the molecule is CS(=O)(=O)c1cc(NC(=O)C2(Cc3ccccc3)CCC2)cc(C(=O)O)c1. The minimum absolute atomic E-state index is 0.136. The smallest absolute Gasteiger partial charge is 0.335 e. The molecule has 2 N–H and O–H groups in total. The van der Waals surface area contributed by atoms with E-state index in [4.69, 9.17) is 0 Å². The predicted molar refractivity (Wildman–Crippen MR) is 102 cm³/mol. The first-order chi connectivity index (χ1) is 12.7. The summed E-state index contributed by atoms with van der Waals surface area (Å²) < 4.78 is 23.7. The van der Waals surface area contributed by atoms with E-state index in [0.29, 0.717) is 6.42 Å². The van der Waals surface area contributed by atoms with E-state index >= 15 is 0 Å². The standard InChI is InChI=1S/C20H21NO5S/c1-27(25,26)17-11-15(18(22)23)10-16(12-17)21-19(24)20(8-5-9-20)13-14-6-3-2-4-7-14/h2-4,6-7,10-12H,5,8-9,13H2,1H3,(H,21,24)(H,22,23). The van der Waals surface area contributed by atoms with E-state index in [9.17, 15) is 23.1 Å². The summed E-state index contributed by atoms with van der Waals surface area (Å²) in [5.74, 6) is -1.46. The maximum absolute atomic E-state index is 13.0. The van der Waals surface area contributed by atoms with E-state index in [1.165, 1.54) is 12.1 Å². The Morgan fingerprint density at radius 3 is 2.30 bits per heavy atom. The molecule has 0 spiro atoms. The zero-order valence-corrected chi connectivity index (χ0v) is 15.8. The Morgan fingerprint density at radius 2 is 1.78 bits per heavy atom. The van der Waals surface area contributed by atoms with Gasteiger partial charge >= 0.3 is 5.97 Å². The Morgan fingerprint density at radius 1 is 1.11 bits per heavy atom. The Balaban J connectivity index is 1.88. The van der Waals surface area contributed by atoms with Gasteiger partial charge in [-0.2, -0.15) is 0 Å². The Labute approximate surface area is 158 Å². The molecule has 0 aromatic heterocycles. The van der Waals surface area contributed by atoms with Gasteiger partial charge in [-0.15, -0.1) is 0 Å². The van der Waals surface area contributed by atoms with Crippen LogP contribution < -0.4 is 5.32 Å². The lowest BCUT2D eigenvalue weighted by molar-refractivity contribution is -0.130. The number of carbonyl (C=O) groups excluding carboxylic acids is 1. The van der Waals surface area contributed by atoms with Crippen LogP contribution in [0.2, 0.25) is 0 Å². The van der Waals surface area contributed by atoms with Gasteiger partial charge in [-0.05, 0) is 43.0 Å². The second kappa shape index (κ2) is 7.15. The molecule has 6 nitrogen and oxygen atoms in total. The molecule has 1 amide bonds. The Bertz CT molecular complexity index is 979. The summed E-state index contributed by atoms with van der Waals surface area (Å²) in [6, 6.07) is 13.4. The number of carbonyl (C=O) groups is 2. The first-order valence-electron chi connectivity index (χ1n) is 8.63. The first kappa shape index (κ1) is 19.1. The fraction of sp³-hybridized carbons (Fsp3) is 0.300. The number of benzene rings is 2. The molecule has 0 radical (unpaired) electrons. The highest BCUT2D eigenvalue weighted by Crippen LogP contribution is 2.44. The molecule has 0 saturated heterocycles. The van der Waals surface area contributed by atoms with Gasteiger partial charge < -0.3 is 10.4 Å². The molecule has 1 aliphatic carbocycles. The number of carboxylic acids is 1. The van der Waals surface area contributed by atoms with Crippen LogP contribution in [0.5, 0.6) is 0 Å². The molecule has 2 aromatic rings. The highest BCUT2D eigenvalue weighted by Gasteiger charge is 2.44. The van der Waals surface area contributed by atoms with Crippen molar-refractivity contribution < 1.29 is 23.1 Å². The van der Waals surface area contributed by atoms with Crippen molar-refractivity contribution in [2.45, 2.75) is 30.6 Å². The van der Waals surface area contributed by atoms with Gasteiger partial charge in [-0.25, -0.2) is 13.2 Å². The molecule has 1 saturated carbocycles. The fourth-order valence-corrected chi connectivity index (χ4v) is 4.03. The van der Waals surface area contributed by atoms with Gasteiger partial charge in [0.15, 0.2) is 9.84 Å². The summed E-state index contributed by atoms with van der Waals surface area (Å²) in [6.07, 6.45) is 4.03. The number of sulfone groups is 1.